The number of rotatable bonds is 2. The van der Waals surface area contributed by atoms with E-state index in [1.165, 1.54) is 0 Å². The Kier molecular flexibility index (Phi) is 4.44. The van der Waals surface area contributed by atoms with Gasteiger partial charge in [-0.2, -0.15) is 0 Å². The summed E-state index contributed by atoms with van der Waals surface area (Å²) in [6.07, 6.45) is 4.79. The Morgan fingerprint density at radius 3 is 2.35 bits per heavy atom. The van der Waals surface area contributed by atoms with Crippen molar-refractivity contribution >= 4 is 23.0 Å². The van der Waals surface area contributed by atoms with Crippen LogP contribution in [0.25, 0.3) is 11.0 Å². The molecule has 0 unspecified atom stereocenters. The van der Waals surface area contributed by atoms with Gasteiger partial charge in [0.1, 0.15) is 0 Å². The maximum Gasteiger partial charge on any atom is 0.328 e. The summed E-state index contributed by atoms with van der Waals surface area (Å²) < 4.78 is 0. The molecule has 17 heavy (non-hydrogen) atoms. The van der Waals surface area contributed by atoms with E-state index < -0.39 is 11.9 Å². The monoisotopic (exact) mass is 234 g/mol. The molecule has 0 radical (unpaired) electrons. The quantitative estimate of drug-likeness (QED) is 0.679. The summed E-state index contributed by atoms with van der Waals surface area (Å²) in [4.78, 5) is 26.3. The average molecular weight is 234 g/mol. The third-order valence-electron chi connectivity index (χ3n) is 1.69. The number of hydrogen-bond donors (Lipinski definition) is 3. The smallest absolute Gasteiger partial charge is 0.328 e. The van der Waals surface area contributed by atoms with E-state index in [2.05, 4.69) is 9.97 Å². The van der Waals surface area contributed by atoms with Gasteiger partial charge in [-0.25, -0.2) is 9.59 Å². The van der Waals surface area contributed by atoms with E-state index in [0.29, 0.717) is 12.2 Å². The molecule has 0 fully saturated rings. The Bertz CT molecular complexity index is 499. The van der Waals surface area contributed by atoms with Crippen LogP contribution in [0.4, 0.5) is 0 Å². The molecule has 0 amide bonds. The molecule has 2 rings (SSSR count). The zero-order valence-electron chi connectivity index (χ0n) is 8.70. The molecular weight excluding hydrogens is 224 g/mol. The van der Waals surface area contributed by atoms with Gasteiger partial charge in [0.25, 0.3) is 0 Å². The van der Waals surface area contributed by atoms with E-state index in [-0.39, 0.29) is 0 Å². The molecule has 0 aliphatic rings. The Balaban J connectivity index is 0.000000172. The molecule has 2 aromatic rings. The largest absolute Gasteiger partial charge is 0.478 e. The van der Waals surface area contributed by atoms with Crippen LogP contribution in [0.1, 0.15) is 0 Å². The fraction of sp³-hybridized carbons (Fsp3) is 0. The number of H-pyrrole nitrogens is 1. The third-order valence-corrected chi connectivity index (χ3v) is 1.69. The number of nitrogens with one attached hydrogen (secondary N) is 1. The van der Waals surface area contributed by atoms with Gasteiger partial charge in [-0.3, -0.25) is 4.98 Å². The zero-order chi connectivity index (χ0) is 12.7. The van der Waals surface area contributed by atoms with Crippen molar-refractivity contribution in [3.8, 4) is 0 Å². The van der Waals surface area contributed by atoms with Gasteiger partial charge in [0, 0.05) is 24.5 Å². The van der Waals surface area contributed by atoms with Gasteiger partial charge >= 0.3 is 11.9 Å². The van der Waals surface area contributed by atoms with E-state index in [9.17, 15) is 9.59 Å². The number of aromatic amines is 1. The number of carboxylic acids is 2. The molecule has 0 saturated heterocycles. The summed E-state index contributed by atoms with van der Waals surface area (Å²) in [7, 11) is 0. The molecule has 0 spiro atoms. The van der Waals surface area contributed by atoms with Crippen molar-refractivity contribution in [2.45, 2.75) is 0 Å². The van der Waals surface area contributed by atoms with Crippen molar-refractivity contribution in [1.29, 1.82) is 0 Å². The molecule has 0 atom stereocenters. The first-order valence-electron chi connectivity index (χ1n) is 4.61. The number of hydrogen-bond acceptors (Lipinski definition) is 3. The van der Waals surface area contributed by atoms with Crippen LogP contribution in [-0.4, -0.2) is 32.1 Å². The lowest BCUT2D eigenvalue weighted by molar-refractivity contribution is -0.134. The van der Waals surface area contributed by atoms with Crippen molar-refractivity contribution in [2.75, 3.05) is 0 Å². The van der Waals surface area contributed by atoms with Gasteiger partial charge in [-0.15, -0.1) is 0 Å². The number of carbonyl (C=O) groups is 2. The van der Waals surface area contributed by atoms with Crippen LogP contribution in [0.2, 0.25) is 0 Å². The molecular formula is C11H10N2O4. The summed E-state index contributed by atoms with van der Waals surface area (Å²) in [5, 5.41) is 15.6. The summed E-state index contributed by atoms with van der Waals surface area (Å²) in [5.41, 5.74) is 2.12. The molecule has 0 aliphatic carbocycles. The normalized spacial score (nSPS) is 9.88. The molecule has 0 saturated carbocycles. The number of carboxylic acid groups (broad SMARTS) is 2. The Morgan fingerprint density at radius 2 is 1.82 bits per heavy atom. The fourth-order valence-electron chi connectivity index (χ4n) is 1.03. The van der Waals surface area contributed by atoms with Crippen LogP contribution in [0.15, 0.2) is 42.7 Å². The minimum absolute atomic E-state index is 0.558. The van der Waals surface area contributed by atoms with Crippen molar-refractivity contribution in [1.82, 2.24) is 9.97 Å². The number of aliphatic carboxylic acids is 2. The van der Waals surface area contributed by atoms with Crippen LogP contribution < -0.4 is 0 Å². The van der Waals surface area contributed by atoms with Gasteiger partial charge in [-0.05, 0) is 18.2 Å². The predicted molar refractivity (Wildman–Crippen MR) is 60.5 cm³/mol. The van der Waals surface area contributed by atoms with E-state index in [1.807, 2.05) is 24.4 Å². The first-order chi connectivity index (χ1) is 8.09. The molecule has 0 aliphatic heterocycles. The van der Waals surface area contributed by atoms with Crippen molar-refractivity contribution in [2.24, 2.45) is 0 Å². The lowest BCUT2D eigenvalue weighted by Crippen LogP contribution is -1.91. The first-order valence-corrected chi connectivity index (χ1v) is 4.61. The van der Waals surface area contributed by atoms with Gasteiger partial charge < -0.3 is 15.2 Å². The highest BCUT2D eigenvalue weighted by atomic mass is 16.4. The van der Waals surface area contributed by atoms with Crippen LogP contribution in [0.3, 0.4) is 0 Å². The summed E-state index contributed by atoms with van der Waals surface area (Å²) in [6, 6.07) is 5.87. The SMILES string of the molecule is O=C(O)C=CC(=O)O.c1cnc2cc[nH]c2c1. The second-order valence-corrected chi connectivity index (χ2v) is 2.92. The standard InChI is InChI=1S/C7H6N2.C4H4O4/c1-2-6-7(8-4-1)3-5-9-6;5-3(6)1-2-4(7)8/h1-5,9H;1-2H,(H,5,6)(H,7,8). The minimum Gasteiger partial charge on any atom is -0.478 e. The molecule has 3 N–H and O–H groups in total. The van der Waals surface area contributed by atoms with Crippen LogP contribution >= 0.6 is 0 Å². The highest BCUT2D eigenvalue weighted by Gasteiger charge is 1.88. The molecule has 6 nitrogen and oxygen atoms in total. The Morgan fingerprint density at radius 1 is 1.18 bits per heavy atom. The van der Waals surface area contributed by atoms with Crippen molar-refractivity contribution in [3.05, 3.63) is 42.7 Å². The van der Waals surface area contributed by atoms with Gasteiger partial charge in [0.15, 0.2) is 0 Å². The Hall–Kier alpha value is -2.63. The second-order valence-electron chi connectivity index (χ2n) is 2.92. The van der Waals surface area contributed by atoms with Crippen LogP contribution in [-0.2, 0) is 9.59 Å². The summed E-state index contributed by atoms with van der Waals surface area (Å²) in [6.45, 7) is 0. The number of fused-ring (bicyclic) bond motifs is 1. The van der Waals surface area contributed by atoms with Gasteiger partial charge in [0.2, 0.25) is 0 Å². The van der Waals surface area contributed by atoms with Crippen LogP contribution in [0, 0.1) is 0 Å². The summed E-state index contributed by atoms with van der Waals surface area (Å²) >= 11 is 0. The number of aromatic nitrogens is 2. The lowest BCUT2D eigenvalue weighted by atomic mass is 10.4. The van der Waals surface area contributed by atoms with Crippen molar-refractivity contribution < 1.29 is 19.8 Å². The van der Waals surface area contributed by atoms with E-state index in [4.69, 9.17) is 10.2 Å². The first kappa shape index (κ1) is 12.4. The summed E-state index contributed by atoms with van der Waals surface area (Å²) in [5.74, 6) is -2.51. The molecule has 88 valence electrons. The third kappa shape index (κ3) is 4.61. The average Bonchev–Trinajstić information content (AvgIpc) is 2.75. The highest BCUT2D eigenvalue weighted by Crippen LogP contribution is 2.05. The fourth-order valence-corrected chi connectivity index (χ4v) is 1.03. The van der Waals surface area contributed by atoms with Crippen molar-refractivity contribution in [3.63, 3.8) is 0 Å². The maximum atomic E-state index is 9.55. The molecule has 0 aromatic carbocycles. The van der Waals surface area contributed by atoms with Gasteiger partial charge in [0.05, 0.1) is 11.0 Å². The molecule has 0 bridgehead atoms. The maximum absolute atomic E-state index is 9.55. The van der Waals surface area contributed by atoms with E-state index >= 15 is 0 Å². The molecule has 2 aromatic heterocycles. The van der Waals surface area contributed by atoms with E-state index in [0.717, 1.165) is 11.0 Å². The number of nitrogens with zero attached hydrogens (tertiary/aromatic N) is 1. The predicted octanol–water partition coefficient (Wildman–Crippen LogP) is 1.27. The van der Waals surface area contributed by atoms with Crippen LogP contribution in [0.5, 0.6) is 0 Å². The second kappa shape index (κ2) is 6.06. The minimum atomic E-state index is -1.26. The zero-order valence-corrected chi connectivity index (χ0v) is 8.70. The Labute approximate surface area is 96.2 Å². The van der Waals surface area contributed by atoms with Gasteiger partial charge in [-0.1, -0.05) is 0 Å². The highest BCUT2D eigenvalue weighted by molar-refractivity contribution is 5.89. The number of pyridine rings is 1. The molecule has 6 heteroatoms. The molecule has 2 heterocycles. The topological polar surface area (TPSA) is 103 Å². The lowest BCUT2D eigenvalue weighted by Gasteiger charge is -1.82. The van der Waals surface area contributed by atoms with E-state index in [1.54, 1.807) is 6.20 Å².